The smallest absolute Gasteiger partial charge is 0.243 e. The van der Waals surface area contributed by atoms with Gasteiger partial charge in [0.2, 0.25) is 11.8 Å². The molecule has 3 rings (SSSR count). The molecule has 0 radical (unpaired) electrons. The van der Waals surface area contributed by atoms with Crippen LogP contribution >= 0.6 is 0 Å². The fraction of sp³-hybridized carbons (Fsp3) is 0.375. The summed E-state index contributed by atoms with van der Waals surface area (Å²) in [6.45, 7) is 1.25. The van der Waals surface area contributed by atoms with Gasteiger partial charge >= 0.3 is 0 Å². The maximum atomic E-state index is 13.1. The van der Waals surface area contributed by atoms with Crippen molar-refractivity contribution in [2.24, 2.45) is 11.5 Å². The largest absolute Gasteiger partial charge is 0.370 e. The summed E-state index contributed by atoms with van der Waals surface area (Å²) in [6, 6.07) is 17.7. The fourth-order valence-electron chi connectivity index (χ4n) is 3.87. The summed E-state index contributed by atoms with van der Waals surface area (Å²) in [7, 11) is 0. The molecule has 0 aliphatic carbocycles. The first-order valence-electron chi connectivity index (χ1n) is 11.0. The molecule has 8 heteroatoms. The van der Waals surface area contributed by atoms with Gasteiger partial charge in [0.25, 0.3) is 0 Å². The van der Waals surface area contributed by atoms with Crippen LogP contribution in [0, 0.1) is 5.41 Å². The number of benzene rings is 2. The van der Waals surface area contributed by atoms with Crippen molar-refractivity contribution in [1.29, 1.82) is 5.41 Å². The SMILES string of the molecule is N=C(N)N1CCC(NC(=O)[C@@H](Cc2ccccc2)NC(=O)C(N)Cc2ccccc2)CC1. The molecular formula is C24H32N6O2. The molecule has 0 saturated carbocycles. The van der Waals surface area contributed by atoms with Gasteiger partial charge in [-0.2, -0.15) is 0 Å². The minimum absolute atomic E-state index is 0.0220. The normalized spacial score (nSPS) is 16.1. The van der Waals surface area contributed by atoms with Gasteiger partial charge in [-0.15, -0.1) is 0 Å². The molecule has 1 heterocycles. The van der Waals surface area contributed by atoms with E-state index >= 15 is 0 Å². The van der Waals surface area contributed by atoms with Crippen LogP contribution in [0.15, 0.2) is 60.7 Å². The van der Waals surface area contributed by atoms with Crippen molar-refractivity contribution >= 4 is 17.8 Å². The molecule has 2 aromatic carbocycles. The molecular weight excluding hydrogens is 404 g/mol. The highest BCUT2D eigenvalue weighted by Gasteiger charge is 2.28. The standard InChI is InChI=1S/C24H32N6O2/c25-20(15-17-7-3-1-4-8-17)22(31)29-21(16-18-9-5-2-6-10-18)23(32)28-19-11-13-30(14-12-19)24(26)27/h1-10,19-21H,11-16,25H2,(H3,26,27)(H,28,32)(H,29,31)/t20?,21-/m1/s1. The lowest BCUT2D eigenvalue weighted by Crippen LogP contribution is -2.56. The lowest BCUT2D eigenvalue weighted by atomic mass is 10.0. The maximum absolute atomic E-state index is 13.1. The third kappa shape index (κ3) is 6.81. The molecule has 2 amide bonds. The number of carbonyl (C=O) groups excluding carboxylic acids is 2. The summed E-state index contributed by atoms with van der Waals surface area (Å²) in [6.07, 6.45) is 2.17. The zero-order valence-electron chi connectivity index (χ0n) is 18.2. The van der Waals surface area contributed by atoms with Gasteiger partial charge in [-0.25, -0.2) is 0 Å². The number of piperidine rings is 1. The molecule has 0 spiro atoms. The van der Waals surface area contributed by atoms with Crippen LogP contribution in [0.25, 0.3) is 0 Å². The predicted octanol–water partition coefficient (Wildman–Crippen LogP) is 0.758. The Balaban J connectivity index is 1.62. The van der Waals surface area contributed by atoms with E-state index in [4.69, 9.17) is 16.9 Å². The van der Waals surface area contributed by atoms with Crippen LogP contribution < -0.4 is 22.1 Å². The van der Waals surface area contributed by atoms with E-state index in [-0.39, 0.29) is 23.8 Å². The second kappa shape index (κ2) is 11.3. The number of hydrogen-bond donors (Lipinski definition) is 5. The zero-order chi connectivity index (χ0) is 22.9. The molecule has 1 unspecified atom stereocenters. The van der Waals surface area contributed by atoms with Gasteiger partial charge in [-0.1, -0.05) is 60.7 Å². The average molecular weight is 437 g/mol. The molecule has 170 valence electrons. The number of likely N-dealkylation sites (tertiary alicyclic amines) is 1. The Morgan fingerprint density at radius 3 is 2.00 bits per heavy atom. The monoisotopic (exact) mass is 436 g/mol. The Hall–Kier alpha value is -3.39. The average Bonchev–Trinajstić information content (AvgIpc) is 2.80. The Labute approximate surface area is 188 Å². The Morgan fingerprint density at radius 2 is 1.47 bits per heavy atom. The molecule has 32 heavy (non-hydrogen) atoms. The van der Waals surface area contributed by atoms with Crippen molar-refractivity contribution in [2.75, 3.05) is 13.1 Å². The van der Waals surface area contributed by atoms with Gasteiger partial charge < -0.3 is 27.0 Å². The Kier molecular flexibility index (Phi) is 8.21. The third-order valence-electron chi connectivity index (χ3n) is 5.73. The van der Waals surface area contributed by atoms with Gasteiger partial charge in [0.1, 0.15) is 6.04 Å². The lowest BCUT2D eigenvalue weighted by Gasteiger charge is -2.33. The summed E-state index contributed by atoms with van der Waals surface area (Å²) in [5, 5.41) is 13.5. The van der Waals surface area contributed by atoms with Gasteiger partial charge in [0.05, 0.1) is 6.04 Å². The van der Waals surface area contributed by atoms with Crippen LogP contribution in [-0.2, 0) is 22.4 Å². The van der Waals surface area contributed by atoms with Crippen LogP contribution in [0.1, 0.15) is 24.0 Å². The first kappa shape index (κ1) is 23.3. The van der Waals surface area contributed by atoms with Crippen molar-refractivity contribution in [2.45, 2.75) is 43.8 Å². The number of guanidine groups is 1. The highest BCUT2D eigenvalue weighted by Crippen LogP contribution is 2.11. The molecule has 1 aliphatic heterocycles. The van der Waals surface area contributed by atoms with Gasteiger partial charge in [0, 0.05) is 25.6 Å². The fourth-order valence-corrected chi connectivity index (χ4v) is 3.87. The van der Waals surface area contributed by atoms with Crippen molar-refractivity contribution in [1.82, 2.24) is 15.5 Å². The van der Waals surface area contributed by atoms with Gasteiger partial charge in [0.15, 0.2) is 5.96 Å². The van der Waals surface area contributed by atoms with Gasteiger partial charge in [-0.05, 0) is 30.4 Å². The first-order valence-corrected chi connectivity index (χ1v) is 11.0. The minimum atomic E-state index is -0.748. The Bertz CT molecular complexity index is 897. The topological polar surface area (TPSA) is 137 Å². The molecule has 1 fully saturated rings. The van der Waals surface area contributed by atoms with Crippen molar-refractivity contribution < 1.29 is 9.59 Å². The van der Waals surface area contributed by atoms with E-state index < -0.39 is 12.1 Å². The van der Waals surface area contributed by atoms with Crippen LogP contribution in [0.2, 0.25) is 0 Å². The quantitative estimate of drug-likeness (QED) is 0.307. The second-order valence-corrected chi connectivity index (χ2v) is 8.20. The van der Waals surface area contributed by atoms with E-state index in [1.54, 1.807) is 4.90 Å². The summed E-state index contributed by atoms with van der Waals surface area (Å²) in [5.74, 6) is -0.525. The van der Waals surface area contributed by atoms with Crippen LogP contribution in [0.5, 0.6) is 0 Å². The molecule has 2 aromatic rings. The van der Waals surface area contributed by atoms with Gasteiger partial charge in [-0.3, -0.25) is 15.0 Å². The molecule has 8 nitrogen and oxygen atoms in total. The van der Waals surface area contributed by atoms with E-state index in [2.05, 4.69) is 10.6 Å². The molecule has 0 aromatic heterocycles. The van der Waals surface area contributed by atoms with Crippen LogP contribution in [0.3, 0.4) is 0 Å². The van der Waals surface area contributed by atoms with E-state index in [1.807, 2.05) is 60.7 Å². The predicted molar refractivity (Wildman–Crippen MR) is 125 cm³/mol. The highest BCUT2D eigenvalue weighted by atomic mass is 16.2. The second-order valence-electron chi connectivity index (χ2n) is 8.20. The number of hydrogen-bond acceptors (Lipinski definition) is 4. The molecule has 1 aliphatic rings. The number of nitrogens with two attached hydrogens (primary N) is 2. The summed E-state index contributed by atoms with van der Waals surface area (Å²) in [4.78, 5) is 27.7. The number of carbonyl (C=O) groups is 2. The van der Waals surface area contributed by atoms with E-state index in [0.717, 1.165) is 11.1 Å². The minimum Gasteiger partial charge on any atom is -0.370 e. The maximum Gasteiger partial charge on any atom is 0.243 e. The molecule has 7 N–H and O–H groups in total. The number of nitrogens with one attached hydrogen (secondary N) is 3. The summed E-state index contributed by atoms with van der Waals surface area (Å²) >= 11 is 0. The van der Waals surface area contributed by atoms with E-state index in [1.165, 1.54) is 0 Å². The molecule has 0 bridgehead atoms. The van der Waals surface area contributed by atoms with Crippen molar-refractivity contribution in [3.05, 3.63) is 71.8 Å². The van der Waals surface area contributed by atoms with Crippen molar-refractivity contribution in [3.63, 3.8) is 0 Å². The van der Waals surface area contributed by atoms with E-state index in [9.17, 15) is 9.59 Å². The first-order chi connectivity index (χ1) is 15.4. The van der Waals surface area contributed by atoms with Crippen LogP contribution in [0.4, 0.5) is 0 Å². The zero-order valence-corrected chi connectivity index (χ0v) is 18.2. The number of nitrogens with zero attached hydrogens (tertiary/aromatic N) is 1. The number of rotatable bonds is 8. The summed E-state index contributed by atoms with van der Waals surface area (Å²) < 4.78 is 0. The number of amides is 2. The van der Waals surface area contributed by atoms with E-state index in [0.29, 0.717) is 38.8 Å². The van der Waals surface area contributed by atoms with Crippen LogP contribution in [-0.4, -0.2) is 53.9 Å². The summed E-state index contributed by atoms with van der Waals surface area (Å²) in [5.41, 5.74) is 13.6. The molecule has 1 saturated heterocycles. The third-order valence-corrected chi connectivity index (χ3v) is 5.73. The highest BCUT2D eigenvalue weighted by molar-refractivity contribution is 5.90. The molecule has 2 atom stereocenters. The Morgan fingerprint density at radius 1 is 0.938 bits per heavy atom. The van der Waals surface area contributed by atoms with Crippen molar-refractivity contribution in [3.8, 4) is 0 Å². The lowest BCUT2D eigenvalue weighted by molar-refractivity contribution is -0.130.